The molecule has 0 radical (unpaired) electrons. The lowest BCUT2D eigenvalue weighted by Gasteiger charge is -2.04. The van der Waals surface area contributed by atoms with Gasteiger partial charge in [-0.05, 0) is 25.0 Å². The van der Waals surface area contributed by atoms with Gasteiger partial charge in [-0.1, -0.05) is 0 Å². The van der Waals surface area contributed by atoms with Gasteiger partial charge in [0, 0.05) is 19.3 Å². The zero-order valence-electron chi connectivity index (χ0n) is 8.44. The lowest BCUT2D eigenvalue weighted by molar-refractivity contribution is 0.1000. The Kier molecular flexibility index (Phi) is 4.56. The van der Waals surface area contributed by atoms with Crippen LogP contribution >= 0.6 is 0 Å². The van der Waals surface area contributed by atoms with Crippen molar-refractivity contribution in [1.82, 2.24) is 4.98 Å². The molecule has 15 heavy (non-hydrogen) atoms. The second kappa shape index (κ2) is 5.98. The van der Waals surface area contributed by atoms with Crippen LogP contribution in [0.1, 0.15) is 23.2 Å². The summed E-state index contributed by atoms with van der Waals surface area (Å²) in [5.74, 6) is 0.229. The summed E-state index contributed by atoms with van der Waals surface area (Å²) >= 11 is 0. The molecule has 5 heteroatoms. The summed E-state index contributed by atoms with van der Waals surface area (Å²) in [5.41, 5.74) is 5.48. The van der Waals surface area contributed by atoms with E-state index in [0.29, 0.717) is 11.4 Å². The van der Waals surface area contributed by atoms with E-state index in [-0.39, 0.29) is 6.61 Å². The van der Waals surface area contributed by atoms with E-state index in [0.717, 1.165) is 19.4 Å². The number of carbonyl (C=O) groups is 1. The molecule has 0 aliphatic carbocycles. The number of aliphatic hydroxyl groups is 1. The molecule has 4 N–H and O–H groups in total. The summed E-state index contributed by atoms with van der Waals surface area (Å²) in [4.78, 5) is 14.8. The summed E-state index contributed by atoms with van der Waals surface area (Å²) in [6.45, 7) is 0.958. The molecule has 1 amide bonds. The minimum atomic E-state index is -0.477. The van der Waals surface area contributed by atoms with Crippen LogP contribution < -0.4 is 11.1 Å². The SMILES string of the molecule is NC(=O)c1ccc(NCCCCO)nc1. The van der Waals surface area contributed by atoms with Crippen molar-refractivity contribution in [3.8, 4) is 0 Å². The Morgan fingerprint density at radius 1 is 1.47 bits per heavy atom. The molecular weight excluding hydrogens is 194 g/mol. The van der Waals surface area contributed by atoms with Crippen LogP contribution in [0.2, 0.25) is 0 Å². The summed E-state index contributed by atoms with van der Waals surface area (Å²) in [7, 11) is 0. The molecule has 5 nitrogen and oxygen atoms in total. The Morgan fingerprint density at radius 2 is 2.27 bits per heavy atom. The van der Waals surface area contributed by atoms with Gasteiger partial charge in [-0.2, -0.15) is 0 Å². The van der Waals surface area contributed by atoms with E-state index in [1.54, 1.807) is 12.1 Å². The molecule has 1 heterocycles. The third-order valence-corrected chi connectivity index (χ3v) is 1.94. The second-order valence-electron chi connectivity index (χ2n) is 3.15. The van der Waals surface area contributed by atoms with Crippen molar-refractivity contribution in [2.45, 2.75) is 12.8 Å². The van der Waals surface area contributed by atoms with Crippen molar-refractivity contribution >= 4 is 11.7 Å². The van der Waals surface area contributed by atoms with E-state index < -0.39 is 5.91 Å². The number of anilines is 1. The molecular formula is C10H15N3O2. The number of unbranched alkanes of at least 4 members (excludes halogenated alkanes) is 1. The molecule has 0 atom stereocenters. The molecule has 82 valence electrons. The highest BCUT2D eigenvalue weighted by Crippen LogP contribution is 2.04. The summed E-state index contributed by atoms with van der Waals surface area (Å²) in [6.07, 6.45) is 3.10. The molecule has 0 saturated heterocycles. The van der Waals surface area contributed by atoms with Gasteiger partial charge in [-0.3, -0.25) is 4.79 Å². The van der Waals surface area contributed by atoms with Crippen molar-refractivity contribution in [2.24, 2.45) is 5.73 Å². The molecule has 0 aromatic carbocycles. The van der Waals surface area contributed by atoms with E-state index in [1.165, 1.54) is 6.20 Å². The minimum absolute atomic E-state index is 0.204. The van der Waals surface area contributed by atoms with Crippen LogP contribution in [0.4, 0.5) is 5.82 Å². The Bertz CT molecular complexity index is 311. The van der Waals surface area contributed by atoms with Crippen molar-refractivity contribution < 1.29 is 9.90 Å². The normalized spacial score (nSPS) is 9.93. The minimum Gasteiger partial charge on any atom is -0.396 e. The van der Waals surface area contributed by atoms with E-state index in [2.05, 4.69) is 10.3 Å². The number of aromatic nitrogens is 1. The number of aliphatic hydroxyl groups excluding tert-OH is 1. The van der Waals surface area contributed by atoms with Gasteiger partial charge in [0.05, 0.1) is 5.56 Å². The first-order valence-electron chi connectivity index (χ1n) is 4.84. The van der Waals surface area contributed by atoms with Crippen LogP contribution in [0.3, 0.4) is 0 Å². The highest BCUT2D eigenvalue weighted by molar-refractivity contribution is 5.92. The molecule has 0 saturated carbocycles. The average molecular weight is 209 g/mol. The summed E-state index contributed by atoms with van der Waals surface area (Å²) < 4.78 is 0. The number of hydrogen-bond donors (Lipinski definition) is 3. The molecule has 0 unspecified atom stereocenters. The maximum absolute atomic E-state index is 10.7. The van der Waals surface area contributed by atoms with Crippen molar-refractivity contribution in [3.63, 3.8) is 0 Å². The first kappa shape index (κ1) is 11.5. The number of carbonyl (C=O) groups excluding carboxylic acids is 1. The van der Waals surface area contributed by atoms with Crippen molar-refractivity contribution in [1.29, 1.82) is 0 Å². The van der Waals surface area contributed by atoms with Gasteiger partial charge >= 0.3 is 0 Å². The monoisotopic (exact) mass is 209 g/mol. The quantitative estimate of drug-likeness (QED) is 0.590. The van der Waals surface area contributed by atoms with Crippen LogP contribution in [-0.2, 0) is 0 Å². The summed E-state index contributed by atoms with van der Waals surface area (Å²) in [6, 6.07) is 3.34. The fourth-order valence-corrected chi connectivity index (χ4v) is 1.10. The number of nitrogens with two attached hydrogens (primary N) is 1. The third kappa shape index (κ3) is 3.95. The molecule has 0 aliphatic rings. The first-order valence-corrected chi connectivity index (χ1v) is 4.84. The van der Waals surface area contributed by atoms with Gasteiger partial charge in [0.1, 0.15) is 5.82 Å². The molecule has 1 rings (SSSR count). The zero-order chi connectivity index (χ0) is 11.1. The zero-order valence-corrected chi connectivity index (χ0v) is 8.44. The highest BCUT2D eigenvalue weighted by Gasteiger charge is 1.99. The van der Waals surface area contributed by atoms with Crippen LogP contribution in [0, 0.1) is 0 Å². The molecule has 1 aromatic rings. The van der Waals surface area contributed by atoms with E-state index in [9.17, 15) is 4.79 Å². The second-order valence-corrected chi connectivity index (χ2v) is 3.15. The van der Waals surface area contributed by atoms with Gasteiger partial charge < -0.3 is 16.2 Å². The van der Waals surface area contributed by atoms with Gasteiger partial charge in [-0.25, -0.2) is 4.98 Å². The maximum atomic E-state index is 10.7. The topological polar surface area (TPSA) is 88.2 Å². The van der Waals surface area contributed by atoms with Crippen LogP contribution in [-0.4, -0.2) is 29.1 Å². The maximum Gasteiger partial charge on any atom is 0.250 e. The lowest BCUT2D eigenvalue weighted by atomic mass is 10.2. The van der Waals surface area contributed by atoms with E-state index in [4.69, 9.17) is 10.8 Å². The van der Waals surface area contributed by atoms with Gasteiger partial charge in [0.2, 0.25) is 5.91 Å². The van der Waals surface area contributed by atoms with Gasteiger partial charge in [0.15, 0.2) is 0 Å². The summed E-state index contributed by atoms with van der Waals surface area (Å²) in [5, 5.41) is 11.6. The van der Waals surface area contributed by atoms with Crippen LogP contribution in [0.25, 0.3) is 0 Å². The van der Waals surface area contributed by atoms with Crippen molar-refractivity contribution in [3.05, 3.63) is 23.9 Å². The molecule has 0 bridgehead atoms. The van der Waals surface area contributed by atoms with E-state index in [1.807, 2.05) is 0 Å². The average Bonchev–Trinajstić information content (AvgIpc) is 2.25. The predicted molar refractivity (Wildman–Crippen MR) is 57.6 cm³/mol. The Morgan fingerprint density at radius 3 is 2.80 bits per heavy atom. The van der Waals surface area contributed by atoms with Crippen molar-refractivity contribution in [2.75, 3.05) is 18.5 Å². The number of pyridine rings is 1. The number of nitrogens with one attached hydrogen (secondary N) is 1. The molecule has 0 fully saturated rings. The van der Waals surface area contributed by atoms with Gasteiger partial charge in [0.25, 0.3) is 0 Å². The largest absolute Gasteiger partial charge is 0.396 e. The number of hydrogen-bond acceptors (Lipinski definition) is 4. The Hall–Kier alpha value is -1.62. The molecule has 0 spiro atoms. The van der Waals surface area contributed by atoms with E-state index >= 15 is 0 Å². The number of primary amides is 1. The highest BCUT2D eigenvalue weighted by atomic mass is 16.2. The molecule has 0 aliphatic heterocycles. The standard InChI is InChI=1S/C10H15N3O2/c11-10(15)8-3-4-9(13-7-8)12-5-1-2-6-14/h3-4,7,14H,1-2,5-6H2,(H2,11,15)(H,12,13). The number of rotatable bonds is 6. The Balaban J connectivity index is 2.39. The van der Waals surface area contributed by atoms with Gasteiger partial charge in [-0.15, -0.1) is 0 Å². The smallest absolute Gasteiger partial charge is 0.250 e. The van der Waals surface area contributed by atoms with Crippen LogP contribution in [0.15, 0.2) is 18.3 Å². The fourth-order valence-electron chi connectivity index (χ4n) is 1.10. The molecule has 1 aromatic heterocycles. The fraction of sp³-hybridized carbons (Fsp3) is 0.400. The number of nitrogens with zero attached hydrogens (tertiary/aromatic N) is 1. The predicted octanol–water partition coefficient (Wildman–Crippen LogP) is 0.365. The first-order chi connectivity index (χ1) is 7.24. The number of amides is 1. The van der Waals surface area contributed by atoms with Crippen LogP contribution in [0.5, 0.6) is 0 Å². The third-order valence-electron chi connectivity index (χ3n) is 1.94. The Labute approximate surface area is 88.3 Å². The lowest BCUT2D eigenvalue weighted by Crippen LogP contribution is -2.11.